The fourth-order valence-corrected chi connectivity index (χ4v) is 3.09. The molecule has 0 heterocycles. The van der Waals surface area contributed by atoms with Gasteiger partial charge < -0.3 is 42.7 Å². The molecule has 194 valence electrons. The minimum Gasteiger partial charge on any atom is -0.508 e. The first-order valence-electron chi connectivity index (χ1n) is 10.9. The Morgan fingerprint density at radius 1 is 0.886 bits per heavy atom. The third-order valence-electron chi connectivity index (χ3n) is 4.90. The van der Waals surface area contributed by atoms with Gasteiger partial charge in [0.25, 0.3) is 0 Å². The van der Waals surface area contributed by atoms with Crippen molar-refractivity contribution in [2.75, 3.05) is 6.61 Å². The largest absolute Gasteiger partial charge is 0.508 e. The van der Waals surface area contributed by atoms with Gasteiger partial charge in [-0.3, -0.25) is 19.2 Å². The minimum atomic E-state index is -1.50. The molecule has 1 rings (SSSR count). The molecule has 35 heavy (non-hydrogen) atoms. The van der Waals surface area contributed by atoms with Crippen LogP contribution in [-0.2, 0) is 30.4 Å². The molecular formula is C22H33N5O8. The molecule has 0 fully saturated rings. The lowest BCUT2D eigenvalue weighted by atomic mass is 10.0. The van der Waals surface area contributed by atoms with E-state index in [9.17, 15) is 34.2 Å². The molecule has 0 radical (unpaired) electrons. The average molecular weight is 496 g/mol. The van der Waals surface area contributed by atoms with E-state index in [-0.39, 0.29) is 24.5 Å². The predicted octanol–water partition coefficient (Wildman–Crippen LogP) is -2.29. The van der Waals surface area contributed by atoms with Crippen LogP contribution in [0, 0.1) is 5.92 Å². The van der Waals surface area contributed by atoms with Crippen LogP contribution in [0.15, 0.2) is 24.3 Å². The molecule has 0 spiro atoms. The summed E-state index contributed by atoms with van der Waals surface area (Å²) in [6.07, 6.45) is -0.575. The number of rotatable bonds is 14. The van der Waals surface area contributed by atoms with E-state index in [1.807, 2.05) is 0 Å². The number of aliphatic hydroxyl groups excluding tert-OH is 1. The Labute approximate surface area is 202 Å². The Balaban J connectivity index is 3.16. The van der Waals surface area contributed by atoms with Crippen molar-refractivity contribution >= 4 is 29.6 Å². The van der Waals surface area contributed by atoms with Crippen LogP contribution < -0.4 is 27.4 Å². The maximum atomic E-state index is 13.0. The highest BCUT2D eigenvalue weighted by molar-refractivity contribution is 5.96. The fourth-order valence-electron chi connectivity index (χ4n) is 3.09. The zero-order valence-electron chi connectivity index (χ0n) is 19.6. The number of primary amides is 1. The Hall–Kier alpha value is -3.71. The van der Waals surface area contributed by atoms with E-state index in [1.165, 1.54) is 24.3 Å². The molecule has 0 aliphatic rings. The van der Waals surface area contributed by atoms with Crippen molar-refractivity contribution in [2.45, 2.75) is 57.3 Å². The number of phenolic OH excluding ortho intramolecular Hbond substituents is 1. The van der Waals surface area contributed by atoms with Gasteiger partial charge in [0.15, 0.2) is 0 Å². The van der Waals surface area contributed by atoms with Crippen molar-refractivity contribution in [3.63, 3.8) is 0 Å². The summed E-state index contributed by atoms with van der Waals surface area (Å²) in [6, 6.07) is 0.376. The standard InChI is InChI=1S/C22H33N5O8/c1-11(2)7-17(22(34)35)27-20(32)15(8-12-3-5-13(29)6-4-12)26-21(33)16(9-18(24)30)25-19(31)14(23)10-28/h3-6,11,14-17,28-29H,7-10,23H2,1-2H3,(H2,24,30)(H,25,31)(H,26,33)(H,27,32)(H,34,35). The number of nitrogens with one attached hydrogen (secondary N) is 3. The van der Waals surface area contributed by atoms with Crippen LogP contribution in [0.25, 0.3) is 0 Å². The zero-order chi connectivity index (χ0) is 26.7. The van der Waals surface area contributed by atoms with E-state index in [0.717, 1.165) is 0 Å². The lowest BCUT2D eigenvalue weighted by Crippen LogP contribution is -2.58. The highest BCUT2D eigenvalue weighted by atomic mass is 16.4. The summed E-state index contributed by atoms with van der Waals surface area (Å²) in [5.41, 5.74) is 11.1. The molecular weight excluding hydrogens is 462 g/mol. The number of phenols is 1. The van der Waals surface area contributed by atoms with Crippen molar-refractivity contribution in [1.29, 1.82) is 0 Å². The summed E-state index contributed by atoms with van der Waals surface area (Å²) in [4.78, 5) is 61.0. The van der Waals surface area contributed by atoms with Crippen LogP contribution in [0.4, 0.5) is 0 Å². The molecule has 13 nitrogen and oxygen atoms in total. The van der Waals surface area contributed by atoms with Crippen LogP contribution in [0.5, 0.6) is 5.75 Å². The summed E-state index contributed by atoms with van der Waals surface area (Å²) in [5.74, 6) is -4.92. The molecule has 13 heteroatoms. The summed E-state index contributed by atoms with van der Waals surface area (Å²) < 4.78 is 0. The maximum absolute atomic E-state index is 13.0. The zero-order valence-corrected chi connectivity index (χ0v) is 19.6. The van der Waals surface area contributed by atoms with Crippen molar-refractivity contribution in [3.8, 4) is 5.75 Å². The number of benzene rings is 1. The lowest BCUT2D eigenvalue weighted by Gasteiger charge is -2.25. The first kappa shape index (κ1) is 29.3. The SMILES string of the molecule is CC(C)CC(NC(=O)C(Cc1ccc(O)cc1)NC(=O)C(CC(N)=O)NC(=O)C(N)CO)C(=O)O. The molecule has 0 aliphatic heterocycles. The Kier molecular flexibility index (Phi) is 11.6. The van der Waals surface area contributed by atoms with Crippen molar-refractivity contribution in [1.82, 2.24) is 16.0 Å². The van der Waals surface area contributed by atoms with Crippen LogP contribution in [0.2, 0.25) is 0 Å². The highest BCUT2D eigenvalue weighted by Crippen LogP contribution is 2.12. The molecule has 10 N–H and O–H groups in total. The number of carbonyl (C=O) groups is 5. The van der Waals surface area contributed by atoms with Crippen LogP contribution in [-0.4, -0.2) is 75.7 Å². The summed E-state index contributed by atoms with van der Waals surface area (Å²) in [5, 5.41) is 35.0. The molecule has 0 saturated carbocycles. The number of carbonyl (C=O) groups excluding carboxylic acids is 4. The molecule has 1 aromatic rings. The van der Waals surface area contributed by atoms with E-state index in [4.69, 9.17) is 16.6 Å². The van der Waals surface area contributed by atoms with Crippen LogP contribution in [0.1, 0.15) is 32.3 Å². The highest BCUT2D eigenvalue weighted by Gasteiger charge is 2.31. The van der Waals surface area contributed by atoms with E-state index in [1.54, 1.807) is 13.8 Å². The molecule has 0 aromatic heterocycles. The molecule has 4 amide bonds. The van der Waals surface area contributed by atoms with Gasteiger partial charge in [-0.2, -0.15) is 0 Å². The predicted molar refractivity (Wildman–Crippen MR) is 124 cm³/mol. The van der Waals surface area contributed by atoms with Crippen molar-refractivity contribution < 1.29 is 39.3 Å². The third-order valence-corrected chi connectivity index (χ3v) is 4.90. The first-order valence-corrected chi connectivity index (χ1v) is 10.9. The molecule has 0 aliphatic carbocycles. The smallest absolute Gasteiger partial charge is 0.326 e. The van der Waals surface area contributed by atoms with Gasteiger partial charge in [-0.15, -0.1) is 0 Å². The number of hydrogen-bond acceptors (Lipinski definition) is 8. The maximum Gasteiger partial charge on any atom is 0.326 e. The van der Waals surface area contributed by atoms with E-state index in [2.05, 4.69) is 16.0 Å². The first-order chi connectivity index (χ1) is 16.3. The second kappa shape index (κ2) is 13.9. The monoisotopic (exact) mass is 495 g/mol. The Bertz CT molecular complexity index is 906. The number of aromatic hydroxyl groups is 1. The molecule has 4 unspecified atom stereocenters. The van der Waals surface area contributed by atoms with E-state index < -0.39 is 66.8 Å². The van der Waals surface area contributed by atoms with Gasteiger partial charge in [0.2, 0.25) is 23.6 Å². The quantitative estimate of drug-likeness (QED) is 0.138. The number of amides is 4. The van der Waals surface area contributed by atoms with E-state index in [0.29, 0.717) is 5.56 Å². The summed E-state index contributed by atoms with van der Waals surface area (Å²) in [7, 11) is 0. The van der Waals surface area contributed by atoms with Gasteiger partial charge in [0, 0.05) is 6.42 Å². The number of hydrogen-bond donors (Lipinski definition) is 8. The van der Waals surface area contributed by atoms with Gasteiger partial charge in [-0.05, 0) is 30.0 Å². The van der Waals surface area contributed by atoms with Crippen molar-refractivity contribution in [2.24, 2.45) is 17.4 Å². The van der Waals surface area contributed by atoms with Gasteiger partial charge in [0.1, 0.15) is 29.9 Å². The van der Waals surface area contributed by atoms with E-state index >= 15 is 0 Å². The van der Waals surface area contributed by atoms with Gasteiger partial charge >= 0.3 is 5.97 Å². The molecule has 0 saturated heterocycles. The number of aliphatic hydroxyl groups is 1. The molecule has 0 bridgehead atoms. The normalized spacial score (nSPS) is 14.3. The number of aliphatic carboxylic acids is 1. The van der Waals surface area contributed by atoms with Gasteiger partial charge in [0.05, 0.1) is 13.0 Å². The Morgan fingerprint density at radius 3 is 1.89 bits per heavy atom. The number of carboxylic acid groups (broad SMARTS) is 1. The Morgan fingerprint density at radius 2 is 1.40 bits per heavy atom. The third kappa shape index (κ3) is 10.4. The van der Waals surface area contributed by atoms with Crippen LogP contribution in [0.3, 0.4) is 0 Å². The number of carboxylic acids is 1. The van der Waals surface area contributed by atoms with Crippen LogP contribution >= 0.6 is 0 Å². The average Bonchev–Trinajstić information content (AvgIpc) is 2.77. The second-order valence-corrected chi connectivity index (χ2v) is 8.48. The number of nitrogens with two attached hydrogens (primary N) is 2. The molecule has 4 atom stereocenters. The minimum absolute atomic E-state index is 0.0221. The fraction of sp³-hybridized carbons (Fsp3) is 0.500. The lowest BCUT2D eigenvalue weighted by molar-refractivity contribution is -0.143. The topological polar surface area (TPSA) is 234 Å². The molecule has 1 aromatic carbocycles. The van der Waals surface area contributed by atoms with Gasteiger partial charge in [-0.1, -0.05) is 26.0 Å². The second-order valence-electron chi connectivity index (χ2n) is 8.48. The van der Waals surface area contributed by atoms with Crippen molar-refractivity contribution in [3.05, 3.63) is 29.8 Å². The summed E-state index contributed by atoms with van der Waals surface area (Å²) in [6.45, 7) is 2.85. The summed E-state index contributed by atoms with van der Waals surface area (Å²) >= 11 is 0. The van der Waals surface area contributed by atoms with Gasteiger partial charge in [-0.25, -0.2) is 4.79 Å².